The van der Waals surface area contributed by atoms with Gasteiger partial charge >= 0.3 is 0 Å². The van der Waals surface area contributed by atoms with Gasteiger partial charge in [-0.05, 0) is 36.1 Å². The molecule has 0 heterocycles. The van der Waals surface area contributed by atoms with Crippen LogP contribution in [0.3, 0.4) is 0 Å². The van der Waals surface area contributed by atoms with Crippen molar-refractivity contribution in [2.75, 3.05) is 6.17 Å². The van der Waals surface area contributed by atoms with E-state index in [2.05, 4.69) is 25.0 Å². The van der Waals surface area contributed by atoms with Crippen LogP contribution in [0.5, 0.6) is 0 Å². The third-order valence-corrected chi connectivity index (χ3v) is 4.55. The second kappa shape index (κ2) is 4.86. The van der Waals surface area contributed by atoms with Crippen molar-refractivity contribution in [3.63, 3.8) is 0 Å². The Morgan fingerprint density at radius 3 is 2.83 bits per heavy atom. The molecule has 1 atom stereocenters. The van der Waals surface area contributed by atoms with Crippen molar-refractivity contribution in [2.24, 2.45) is 5.73 Å². The Morgan fingerprint density at radius 1 is 1.44 bits per heavy atom. The number of amides is 1. The molecule has 4 heteroatoms. The van der Waals surface area contributed by atoms with Gasteiger partial charge in [-0.3, -0.25) is 4.79 Å². The van der Waals surface area contributed by atoms with Crippen molar-refractivity contribution < 1.29 is 4.79 Å². The zero-order chi connectivity index (χ0) is 13.3. The summed E-state index contributed by atoms with van der Waals surface area (Å²) in [5.41, 5.74) is 9.20. The van der Waals surface area contributed by atoms with Gasteiger partial charge in [0.15, 0.2) is 0 Å². The number of hydrogen-bond donors (Lipinski definition) is 2. The Kier molecular flexibility index (Phi) is 3.59. The third-order valence-electron chi connectivity index (χ3n) is 3.31. The fraction of sp³-hybridized carbons (Fsp3) is 0.500. The molecule has 0 aromatic heterocycles. The second-order valence-electron chi connectivity index (χ2n) is 6.30. The number of carbonyl (C=O) groups excluding carboxylic acids is 1. The van der Waals surface area contributed by atoms with Crippen LogP contribution in [0.25, 0.3) is 0 Å². The summed E-state index contributed by atoms with van der Waals surface area (Å²) in [5.74, 6) is 0.0423. The fourth-order valence-electron chi connectivity index (χ4n) is 2.24. The number of nitrogens with two attached hydrogens (primary N) is 1. The summed E-state index contributed by atoms with van der Waals surface area (Å²) in [6.45, 7) is 6.74. The lowest BCUT2D eigenvalue weighted by atomic mass is 10.0. The normalized spacial score (nSPS) is 18.6. The largest absolute Gasteiger partial charge is 0.355 e. The molecule has 0 radical (unpaired) electrons. The number of hydrogen-bond acceptors (Lipinski definition) is 2. The van der Waals surface area contributed by atoms with Crippen LogP contribution in [0, 0.1) is 0 Å². The molecule has 3 N–H and O–H groups in total. The van der Waals surface area contributed by atoms with E-state index < -0.39 is 8.07 Å². The first kappa shape index (κ1) is 13.3. The summed E-state index contributed by atoms with van der Waals surface area (Å²) in [7, 11) is -1.24. The lowest BCUT2D eigenvalue weighted by molar-refractivity contribution is 0.0959. The minimum absolute atomic E-state index is 0.0423. The predicted octanol–water partition coefficient (Wildman–Crippen LogP) is 2.24. The molecular weight excluding hydrogens is 240 g/mol. The zero-order valence-corrected chi connectivity index (χ0v) is 12.4. The third kappa shape index (κ3) is 3.00. The lowest BCUT2D eigenvalue weighted by Crippen LogP contribution is -2.39. The van der Waals surface area contributed by atoms with Crippen LogP contribution < -0.4 is 11.1 Å². The Bertz CT molecular complexity index is 465. The maximum absolute atomic E-state index is 12.1. The highest BCUT2D eigenvalue weighted by Gasteiger charge is 2.21. The Balaban J connectivity index is 2.08. The lowest BCUT2D eigenvalue weighted by Gasteiger charge is -2.16. The van der Waals surface area contributed by atoms with Gasteiger partial charge in [0.1, 0.15) is 0 Å². The molecule has 2 rings (SSSR count). The number of aryl methyl sites for hydroxylation is 1. The van der Waals surface area contributed by atoms with E-state index in [1.54, 1.807) is 0 Å². The number of benzene rings is 1. The molecule has 18 heavy (non-hydrogen) atoms. The Morgan fingerprint density at radius 2 is 2.17 bits per heavy atom. The van der Waals surface area contributed by atoms with Gasteiger partial charge < -0.3 is 11.1 Å². The van der Waals surface area contributed by atoms with Crippen molar-refractivity contribution in [3.8, 4) is 0 Å². The molecule has 1 aliphatic carbocycles. The Hall–Kier alpha value is -1.13. The highest BCUT2D eigenvalue weighted by Crippen LogP contribution is 2.29. The first-order valence-corrected chi connectivity index (χ1v) is 10.2. The van der Waals surface area contributed by atoms with E-state index in [0.29, 0.717) is 0 Å². The van der Waals surface area contributed by atoms with Gasteiger partial charge in [-0.1, -0.05) is 25.7 Å². The molecular formula is C14H22N2OSi. The molecule has 0 bridgehead atoms. The van der Waals surface area contributed by atoms with Crippen LogP contribution in [-0.2, 0) is 6.42 Å². The minimum Gasteiger partial charge on any atom is -0.355 e. The van der Waals surface area contributed by atoms with E-state index >= 15 is 0 Å². The van der Waals surface area contributed by atoms with Gasteiger partial charge in [0.2, 0.25) is 0 Å². The van der Waals surface area contributed by atoms with Crippen LogP contribution in [0.1, 0.15) is 33.9 Å². The van der Waals surface area contributed by atoms with Gasteiger partial charge in [0.05, 0.1) is 8.07 Å². The van der Waals surface area contributed by atoms with E-state index in [4.69, 9.17) is 5.73 Å². The summed E-state index contributed by atoms with van der Waals surface area (Å²) < 4.78 is 0. The molecule has 1 aromatic rings. The van der Waals surface area contributed by atoms with Crippen molar-refractivity contribution in [1.29, 1.82) is 0 Å². The van der Waals surface area contributed by atoms with E-state index in [1.807, 2.05) is 18.2 Å². The number of nitrogens with one attached hydrogen (secondary N) is 1. The molecule has 0 fully saturated rings. The van der Waals surface area contributed by atoms with Gasteiger partial charge in [0, 0.05) is 17.8 Å². The molecule has 0 aliphatic heterocycles. The molecule has 1 aliphatic rings. The highest BCUT2D eigenvalue weighted by molar-refractivity contribution is 6.76. The maximum Gasteiger partial charge on any atom is 0.251 e. The van der Waals surface area contributed by atoms with Crippen molar-refractivity contribution >= 4 is 14.0 Å². The number of rotatable bonds is 3. The Labute approximate surface area is 110 Å². The van der Waals surface area contributed by atoms with Crippen LogP contribution in [0.4, 0.5) is 0 Å². The standard InChI is InChI=1S/C14H22N2OSi/c1-18(2,3)9-16-14(17)11-4-6-12-10(8-11)5-7-13(12)15/h4,6,8,13H,5,7,9,15H2,1-3H3,(H,16,17). The molecule has 3 nitrogen and oxygen atoms in total. The van der Waals surface area contributed by atoms with E-state index in [-0.39, 0.29) is 11.9 Å². The van der Waals surface area contributed by atoms with Crippen LogP contribution >= 0.6 is 0 Å². The highest BCUT2D eigenvalue weighted by atomic mass is 28.3. The summed E-state index contributed by atoms with van der Waals surface area (Å²) >= 11 is 0. The first-order chi connectivity index (χ1) is 8.37. The molecule has 1 unspecified atom stereocenters. The molecule has 0 saturated carbocycles. The SMILES string of the molecule is C[Si](C)(C)CNC(=O)c1ccc2c(c1)CCC2N. The maximum atomic E-state index is 12.1. The van der Waals surface area contributed by atoms with Gasteiger partial charge in [0.25, 0.3) is 5.91 Å². The smallest absolute Gasteiger partial charge is 0.251 e. The molecule has 98 valence electrons. The van der Waals surface area contributed by atoms with Crippen LogP contribution in [0.2, 0.25) is 19.6 Å². The second-order valence-corrected chi connectivity index (χ2v) is 11.8. The van der Waals surface area contributed by atoms with Crippen LogP contribution in [0.15, 0.2) is 18.2 Å². The van der Waals surface area contributed by atoms with Gasteiger partial charge in [-0.15, -0.1) is 0 Å². The monoisotopic (exact) mass is 262 g/mol. The average Bonchev–Trinajstić information content (AvgIpc) is 2.66. The summed E-state index contributed by atoms with van der Waals surface area (Å²) in [6, 6.07) is 6.06. The molecule has 0 saturated heterocycles. The summed E-state index contributed by atoms with van der Waals surface area (Å²) in [6.07, 6.45) is 2.81. The van der Waals surface area contributed by atoms with Crippen molar-refractivity contribution in [2.45, 2.75) is 38.5 Å². The minimum atomic E-state index is -1.24. The van der Waals surface area contributed by atoms with Gasteiger partial charge in [-0.2, -0.15) is 0 Å². The van der Waals surface area contributed by atoms with E-state index in [9.17, 15) is 4.79 Å². The van der Waals surface area contributed by atoms with Crippen LogP contribution in [-0.4, -0.2) is 20.1 Å². The van der Waals surface area contributed by atoms with Crippen molar-refractivity contribution in [1.82, 2.24) is 5.32 Å². The first-order valence-electron chi connectivity index (χ1n) is 6.53. The van der Waals surface area contributed by atoms with Crippen molar-refractivity contribution in [3.05, 3.63) is 34.9 Å². The summed E-state index contributed by atoms with van der Waals surface area (Å²) in [5, 5.41) is 3.03. The van der Waals surface area contributed by atoms with Gasteiger partial charge in [-0.25, -0.2) is 0 Å². The fourth-order valence-corrected chi connectivity index (χ4v) is 2.93. The van der Waals surface area contributed by atoms with E-state index in [0.717, 1.165) is 24.6 Å². The quantitative estimate of drug-likeness (QED) is 0.821. The van der Waals surface area contributed by atoms with E-state index in [1.165, 1.54) is 11.1 Å². The topological polar surface area (TPSA) is 55.1 Å². The molecule has 1 aromatic carbocycles. The zero-order valence-electron chi connectivity index (χ0n) is 11.4. The predicted molar refractivity (Wildman–Crippen MR) is 77.4 cm³/mol. The summed E-state index contributed by atoms with van der Waals surface area (Å²) in [4.78, 5) is 12.1. The number of fused-ring (bicyclic) bond motifs is 1. The number of carbonyl (C=O) groups is 1. The molecule has 1 amide bonds. The molecule has 0 spiro atoms. The average molecular weight is 262 g/mol.